The van der Waals surface area contributed by atoms with Crippen molar-refractivity contribution in [3.8, 4) is 0 Å². The maximum Gasteiger partial charge on any atom is 0.227 e. The zero-order chi connectivity index (χ0) is 16.8. The zero-order valence-electron chi connectivity index (χ0n) is 14.3. The second kappa shape index (κ2) is 8.11. The molecule has 0 bridgehead atoms. The highest BCUT2D eigenvalue weighted by molar-refractivity contribution is 5.93. The Kier molecular flexibility index (Phi) is 5.65. The van der Waals surface area contributed by atoms with Crippen LogP contribution in [0.25, 0.3) is 0 Å². The number of nitrogens with one attached hydrogen (secondary N) is 2. The monoisotopic (exact) mass is 322 g/mol. The highest BCUT2D eigenvalue weighted by Crippen LogP contribution is 2.27. The summed E-state index contributed by atoms with van der Waals surface area (Å²) in [6.07, 6.45) is 3.25. The number of rotatable bonds is 7. The lowest BCUT2D eigenvalue weighted by molar-refractivity contribution is -0.122. The number of amides is 1. The third-order valence-electron chi connectivity index (χ3n) is 4.82. The summed E-state index contributed by atoms with van der Waals surface area (Å²) in [6, 6.07) is 18.7. The van der Waals surface area contributed by atoms with Crippen LogP contribution < -0.4 is 10.6 Å². The molecule has 1 amide bonds. The first kappa shape index (κ1) is 16.7. The molecule has 1 atom stereocenters. The van der Waals surface area contributed by atoms with Crippen molar-refractivity contribution >= 4 is 11.6 Å². The van der Waals surface area contributed by atoms with E-state index in [1.54, 1.807) is 0 Å². The van der Waals surface area contributed by atoms with Gasteiger partial charge in [-0.25, -0.2) is 0 Å². The van der Waals surface area contributed by atoms with E-state index in [4.69, 9.17) is 0 Å². The molecule has 0 aliphatic heterocycles. The van der Waals surface area contributed by atoms with Gasteiger partial charge in [-0.3, -0.25) is 4.79 Å². The standard InChI is InChI=1S/C21H26N2O/c1-16(18-8-3-2-4-9-18)14-22-15-17-7-5-12-20(13-17)23-21(24)19-10-6-11-19/h2-5,7-9,12-13,16,19,22H,6,10-11,14-15H2,1H3,(H,23,24). The van der Waals surface area contributed by atoms with E-state index in [9.17, 15) is 4.79 Å². The van der Waals surface area contributed by atoms with Crippen molar-refractivity contribution in [3.05, 3.63) is 65.7 Å². The van der Waals surface area contributed by atoms with E-state index in [0.717, 1.165) is 31.6 Å². The van der Waals surface area contributed by atoms with E-state index < -0.39 is 0 Å². The van der Waals surface area contributed by atoms with E-state index in [0.29, 0.717) is 5.92 Å². The summed E-state index contributed by atoms with van der Waals surface area (Å²) in [5.74, 6) is 0.871. The molecule has 0 spiro atoms. The minimum Gasteiger partial charge on any atom is -0.326 e. The van der Waals surface area contributed by atoms with E-state index in [2.05, 4.69) is 54.0 Å². The molecule has 1 fully saturated rings. The quantitative estimate of drug-likeness (QED) is 0.797. The Hall–Kier alpha value is -2.13. The van der Waals surface area contributed by atoms with Gasteiger partial charge in [0.05, 0.1) is 0 Å². The van der Waals surface area contributed by atoms with Crippen LogP contribution in [0.2, 0.25) is 0 Å². The van der Waals surface area contributed by atoms with Crippen molar-refractivity contribution in [2.45, 2.75) is 38.6 Å². The average molecular weight is 322 g/mol. The Balaban J connectivity index is 1.48. The molecule has 0 aromatic heterocycles. The van der Waals surface area contributed by atoms with Gasteiger partial charge in [-0.2, -0.15) is 0 Å². The Morgan fingerprint density at radius 1 is 1.12 bits per heavy atom. The first-order valence-corrected chi connectivity index (χ1v) is 8.88. The maximum atomic E-state index is 12.0. The molecule has 1 aliphatic rings. The van der Waals surface area contributed by atoms with Crippen LogP contribution in [-0.2, 0) is 11.3 Å². The molecule has 0 heterocycles. The normalized spacial score (nSPS) is 15.5. The summed E-state index contributed by atoms with van der Waals surface area (Å²) in [4.78, 5) is 12.0. The highest BCUT2D eigenvalue weighted by atomic mass is 16.1. The maximum absolute atomic E-state index is 12.0. The zero-order valence-corrected chi connectivity index (χ0v) is 14.3. The van der Waals surface area contributed by atoms with E-state index in [1.807, 2.05) is 18.2 Å². The SMILES string of the molecule is CC(CNCc1cccc(NC(=O)C2CCC2)c1)c1ccccc1. The molecule has 3 rings (SSSR count). The third kappa shape index (κ3) is 4.45. The van der Waals surface area contributed by atoms with Crippen LogP contribution in [-0.4, -0.2) is 12.5 Å². The van der Waals surface area contributed by atoms with Crippen molar-refractivity contribution in [1.82, 2.24) is 5.32 Å². The molecule has 1 saturated carbocycles. The minimum absolute atomic E-state index is 0.170. The van der Waals surface area contributed by atoms with Crippen LogP contribution in [0.5, 0.6) is 0 Å². The molecule has 2 aromatic rings. The molecule has 24 heavy (non-hydrogen) atoms. The summed E-state index contributed by atoms with van der Waals surface area (Å²) < 4.78 is 0. The Morgan fingerprint density at radius 3 is 2.62 bits per heavy atom. The highest BCUT2D eigenvalue weighted by Gasteiger charge is 2.25. The Morgan fingerprint density at radius 2 is 1.92 bits per heavy atom. The van der Waals surface area contributed by atoms with Gasteiger partial charge in [0.15, 0.2) is 0 Å². The van der Waals surface area contributed by atoms with Gasteiger partial charge in [-0.05, 0) is 42.0 Å². The molecule has 0 radical (unpaired) electrons. The minimum atomic E-state index is 0.170. The van der Waals surface area contributed by atoms with Crippen molar-refractivity contribution in [1.29, 1.82) is 0 Å². The fourth-order valence-electron chi connectivity index (χ4n) is 3.01. The number of carbonyl (C=O) groups excluding carboxylic acids is 1. The van der Waals surface area contributed by atoms with Crippen molar-refractivity contribution in [2.24, 2.45) is 5.92 Å². The lowest BCUT2D eigenvalue weighted by atomic mass is 9.85. The number of benzene rings is 2. The smallest absolute Gasteiger partial charge is 0.227 e. The fraction of sp³-hybridized carbons (Fsp3) is 0.381. The first-order chi connectivity index (χ1) is 11.7. The first-order valence-electron chi connectivity index (χ1n) is 8.88. The largest absolute Gasteiger partial charge is 0.326 e. The lowest BCUT2D eigenvalue weighted by Crippen LogP contribution is -2.28. The van der Waals surface area contributed by atoms with Crippen LogP contribution in [0.1, 0.15) is 43.2 Å². The molecule has 2 N–H and O–H groups in total. The number of hydrogen-bond donors (Lipinski definition) is 2. The summed E-state index contributed by atoms with van der Waals surface area (Å²) in [6.45, 7) is 3.98. The predicted molar refractivity (Wildman–Crippen MR) is 99.0 cm³/mol. The van der Waals surface area contributed by atoms with Gasteiger partial charge in [0.25, 0.3) is 0 Å². The van der Waals surface area contributed by atoms with Gasteiger partial charge in [0, 0.05) is 24.7 Å². The second-order valence-corrected chi connectivity index (χ2v) is 6.76. The van der Waals surface area contributed by atoms with Gasteiger partial charge in [-0.1, -0.05) is 55.8 Å². The molecular formula is C21H26N2O. The molecule has 126 valence electrons. The average Bonchev–Trinajstić information content (AvgIpc) is 2.54. The number of anilines is 1. The summed E-state index contributed by atoms with van der Waals surface area (Å²) in [5.41, 5.74) is 3.45. The number of hydrogen-bond acceptors (Lipinski definition) is 2. The summed E-state index contributed by atoms with van der Waals surface area (Å²) >= 11 is 0. The summed E-state index contributed by atoms with van der Waals surface area (Å²) in [5, 5.41) is 6.56. The van der Waals surface area contributed by atoms with Crippen molar-refractivity contribution < 1.29 is 4.79 Å². The topological polar surface area (TPSA) is 41.1 Å². The van der Waals surface area contributed by atoms with Crippen LogP contribution in [0, 0.1) is 5.92 Å². The second-order valence-electron chi connectivity index (χ2n) is 6.76. The Labute approximate surface area is 144 Å². The van der Waals surface area contributed by atoms with Crippen LogP contribution in [0.4, 0.5) is 5.69 Å². The summed E-state index contributed by atoms with van der Waals surface area (Å²) in [7, 11) is 0. The van der Waals surface area contributed by atoms with E-state index in [-0.39, 0.29) is 11.8 Å². The molecule has 0 saturated heterocycles. The predicted octanol–water partition coefficient (Wildman–Crippen LogP) is 4.32. The van der Waals surface area contributed by atoms with E-state index >= 15 is 0 Å². The van der Waals surface area contributed by atoms with Crippen LogP contribution >= 0.6 is 0 Å². The lowest BCUT2D eigenvalue weighted by Gasteiger charge is -2.24. The van der Waals surface area contributed by atoms with Crippen LogP contribution in [0.3, 0.4) is 0 Å². The van der Waals surface area contributed by atoms with Gasteiger partial charge in [0.1, 0.15) is 0 Å². The molecule has 3 heteroatoms. The van der Waals surface area contributed by atoms with Gasteiger partial charge >= 0.3 is 0 Å². The van der Waals surface area contributed by atoms with Crippen molar-refractivity contribution in [3.63, 3.8) is 0 Å². The third-order valence-corrected chi connectivity index (χ3v) is 4.82. The van der Waals surface area contributed by atoms with Gasteiger partial charge in [-0.15, -0.1) is 0 Å². The molecule has 1 unspecified atom stereocenters. The van der Waals surface area contributed by atoms with Crippen molar-refractivity contribution in [2.75, 3.05) is 11.9 Å². The van der Waals surface area contributed by atoms with Crippen LogP contribution in [0.15, 0.2) is 54.6 Å². The van der Waals surface area contributed by atoms with Gasteiger partial charge < -0.3 is 10.6 Å². The molecule has 1 aliphatic carbocycles. The molecular weight excluding hydrogens is 296 g/mol. The van der Waals surface area contributed by atoms with Gasteiger partial charge in [0.2, 0.25) is 5.91 Å². The van der Waals surface area contributed by atoms with E-state index in [1.165, 1.54) is 17.5 Å². The molecule has 3 nitrogen and oxygen atoms in total. The fourth-order valence-corrected chi connectivity index (χ4v) is 3.01. The Bertz CT molecular complexity index is 665. The molecule has 2 aromatic carbocycles. The number of carbonyl (C=O) groups is 1.